The van der Waals surface area contributed by atoms with E-state index in [4.69, 9.17) is 5.11 Å². The van der Waals surface area contributed by atoms with E-state index >= 15 is 0 Å². The molecule has 0 aliphatic heterocycles. The van der Waals surface area contributed by atoms with Gasteiger partial charge in [0.2, 0.25) is 0 Å². The van der Waals surface area contributed by atoms with Crippen molar-refractivity contribution in [3.05, 3.63) is 34.9 Å². The van der Waals surface area contributed by atoms with Gasteiger partial charge in [-0.15, -0.1) is 0 Å². The first-order chi connectivity index (χ1) is 6.02. The van der Waals surface area contributed by atoms with Crippen LogP contribution in [0.4, 0.5) is 0 Å². The molecule has 0 heterocycles. The van der Waals surface area contributed by atoms with Crippen LogP contribution in [0.2, 0.25) is 0 Å². The lowest BCUT2D eigenvalue weighted by Gasteiger charge is -2.10. The van der Waals surface area contributed by atoms with Gasteiger partial charge in [-0.3, -0.25) is 4.79 Å². The molecular weight excluding hydrogens is 164 g/mol. The average Bonchev–Trinajstić information content (AvgIpc) is 2.08. The molecule has 1 N–H and O–H groups in total. The van der Waals surface area contributed by atoms with Gasteiger partial charge < -0.3 is 5.11 Å². The highest BCUT2D eigenvalue weighted by atomic mass is 16.4. The standard InChI is InChI=1S/C11H14O2/c1-7-4-5-8(2)10(6-7)9(3)11(12)13/h4-6,9H,1-3H3,(H,12,13)/t9-/m0/s1. The normalized spacial score (nSPS) is 12.5. The third-order valence-corrected chi connectivity index (χ3v) is 2.27. The molecule has 0 unspecified atom stereocenters. The SMILES string of the molecule is Cc1ccc(C)c([C@H](C)C(=O)O)c1. The summed E-state index contributed by atoms with van der Waals surface area (Å²) in [7, 11) is 0. The summed E-state index contributed by atoms with van der Waals surface area (Å²) in [5, 5.41) is 8.85. The molecular formula is C11H14O2. The molecule has 0 aromatic heterocycles. The van der Waals surface area contributed by atoms with Crippen LogP contribution >= 0.6 is 0 Å². The minimum atomic E-state index is -0.770. The predicted molar refractivity (Wildman–Crippen MR) is 52.0 cm³/mol. The molecule has 0 aliphatic rings. The van der Waals surface area contributed by atoms with Gasteiger partial charge in [0.15, 0.2) is 0 Å². The number of aryl methyl sites for hydroxylation is 2. The minimum Gasteiger partial charge on any atom is -0.481 e. The third kappa shape index (κ3) is 2.08. The summed E-state index contributed by atoms with van der Waals surface area (Å²) in [5.74, 6) is -1.19. The number of hydrogen-bond donors (Lipinski definition) is 1. The molecule has 1 atom stereocenters. The van der Waals surface area contributed by atoms with Crippen molar-refractivity contribution in [2.45, 2.75) is 26.7 Å². The minimum absolute atomic E-state index is 0.417. The molecule has 0 amide bonds. The summed E-state index contributed by atoms with van der Waals surface area (Å²) >= 11 is 0. The van der Waals surface area contributed by atoms with Gasteiger partial charge in [0, 0.05) is 0 Å². The van der Waals surface area contributed by atoms with Crippen LogP contribution in [0, 0.1) is 13.8 Å². The lowest BCUT2D eigenvalue weighted by atomic mass is 9.95. The monoisotopic (exact) mass is 178 g/mol. The maximum atomic E-state index is 10.8. The lowest BCUT2D eigenvalue weighted by molar-refractivity contribution is -0.138. The van der Waals surface area contributed by atoms with E-state index < -0.39 is 11.9 Å². The van der Waals surface area contributed by atoms with Gasteiger partial charge >= 0.3 is 5.97 Å². The molecule has 1 aromatic rings. The Hall–Kier alpha value is -1.31. The summed E-state index contributed by atoms with van der Waals surface area (Å²) in [6.45, 7) is 5.62. The van der Waals surface area contributed by atoms with Crippen molar-refractivity contribution in [3.8, 4) is 0 Å². The van der Waals surface area contributed by atoms with Crippen molar-refractivity contribution in [1.29, 1.82) is 0 Å². The summed E-state index contributed by atoms with van der Waals surface area (Å²) in [4.78, 5) is 10.8. The number of carbonyl (C=O) groups is 1. The fourth-order valence-electron chi connectivity index (χ4n) is 1.36. The smallest absolute Gasteiger partial charge is 0.310 e. The molecule has 1 rings (SSSR count). The van der Waals surface area contributed by atoms with E-state index in [1.54, 1.807) is 6.92 Å². The van der Waals surface area contributed by atoms with Crippen molar-refractivity contribution in [1.82, 2.24) is 0 Å². The molecule has 0 fully saturated rings. The van der Waals surface area contributed by atoms with Crippen LogP contribution in [-0.2, 0) is 4.79 Å². The van der Waals surface area contributed by atoms with Crippen molar-refractivity contribution in [2.75, 3.05) is 0 Å². The van der Waals surface area contributed by atoms with Crippen molar-refractivity contribution >= 4 is 5.97 Å². The number of carboxylic acid groups (broad SMARTS) is 1. The van der Waals surface area contributed by atoms with Gasteiger partial charge in [0.25, 0.3) is 0 Å². The molecule has 2 nitrogen and oxygen atoms in total. The highest BCUT2D eigenvalue weighted by molar-refractivity contribution is 5.76. The second kappa shape index (κ2) is 3.60. The van der Waals surface area contributed by atoms with Gasteiger partial charge in [0.1, 0.15) is 0 Å². The number of carboxylic acids is 1. The molecule has 1 aromatic carbocycles. The van der Waals surface area contributed by atoms with E-state index in [0.717, 1.165) is 16.7 Å². The molecule has 0 saturated heterocycles. The zero-order valence-corrected chi connectivity index (χ0v) is 8.16. The zero-order valence-electron chi connectivity index (χ0n) is 8.16. The molecule has 70 valence electrons. The second-order valence-electron chi connectivity index (χ2n) is 3.42. The maximum Gasteiger partial charge on any atom is 0.310 e. The van der Waals surface area contributed by atoms with Crippen molar-refractivity contribution in [2.24, 2.45) is 0 Å². The van der Waals surface area contributed by atoms with Gasteiger partial charge in [-0.05, 0) is 31.9 Å². The highest BCUT2D eigenvalue weighted by Gasteiger charge is 2.15. The predicted octanol–water partition coefficient (Wildman–Crippen LogP) is 2.49. The summed E-state index contributed by atoms with van der Waals surface area (Å²) in [6, 6.07) is 5.89. The van der Waals surface area contributed by atoms with E-state index in [-0.39, 0.29) is 0 Å². The molecule has 0 spiro atoms. The summed E-state index contributed by atoms with van der Waals surface area (Å²) in [5.41, 5.74) is 3.06. The van der Waals surface area contributed by atoms with E-state index in [2.05, 4.69) is 0 Å². The number of benzene rings is 1. The number of hydrogen-bond acceptors (Lipinski definition) is 1. The molecule has 0 bridgehead atoms. The first kappa shape index (κ1) is 9.78. The summed E-state index contributed by atoms with van der Waals surface area (Å²) in [6.07, 6.45) is 0. The quantitative estimate of drug-likeness (QED) is 0.755. The van der Waals surface area contributed by atoms with E-state index in [9.17, 15) is 4.79 Å². The first-order valence-corrected chi connectivity index (χ1v) is 4.32. The van der Waals surface area contributed by atoms with Crippen LogP contribution in [0.25, 0.3) is 0 Å². The summed E-state index contributed by atoms with van der Waals surface area (Å²) < 4.78 is 0. The lowest BCUT2D eigenvalue weighted by Crippen LogP contribution is -2.09. The number of rotatable bonds is 2. The Morgan fingerprint density at radius 3 is 2.54 bits per heavy atom. The van der Waals surface area contributed by atoms with E-state index in [1.165, 1.54) is 0 Å². The Morgan fingerprint density at radius 2 is 2.00 bits per heavy atom. The molecule has 0 aliphatic carbocycles. The van der Waals surface area contributed by atoms with Crippen LogP contribution in [0.3, 0.4) is 0 Å². The third-order valence-electron chi connectivity index (χ3n) is 2.27. The average molecular weight is 178 g/mol. The van der Waals surface area contributed by atoms with Gasteiger partial charge in [0.05, 0.1) is 5.92 Å². The van der Waals surface area contributed by atoms with Crippen LogP contribution in [-0.4, -0.2) is 11.1 Å². The van der Waals surface area contributed by atoms with Crippen LogP contribution in [0.1, 0.15) is 29.5 Å². The van der Waals surface area contributed by atoms with Crippen LogP contribution < -0.4 is 0 Å². The fraction of sp³-hybridized carbons (Fsp3) is 0.364. The zero-order chi connectivity index (χ0) is 10.0. The Morgan fingerprint density at radius 1 is 1.38 bits per heavy atom. The fourth-order valence-corrected chi connectivity index (χ4v) is 1.36. The van der Waals surface area contributed by atoms with Gasteiger partial charge in [-0.25, -0.2) is 0 Å². The Bertz CT molecular complexity index is 329. The van der Waals surface area contributed by atoms with Gasteiger partial charge in [-0.1, -0.05) is 23.8 Å². The Labute approximate surface area is 78.2 Å². The molecule has 2 heteroatoms. The second-order valence-corrected chi connectivity index (χ2v) is 3.42. The van der Waals surface area contributed by atoms with Crippen LogP contribution in [0.5, 0.6) is 0 Å². The number of aliphatic carboxylic acids is 1. The van der Waals surface area contributed by atoms with Gasteiger partial charge in [-0.2, -0.15) is 0 Å². The molecule has 0 saturated carbocycles. The Balaban J connectivity index is 3.12. The van der Waals surface area contributed by atoms with Crippen LogP contribution in [0.15, 0.2) is 18.2 Å². The van der Waals surface area contributed by atoms with Crippen molar-refractivity contribution in [3.63, 3.8) is 0 Å². The van der Waals surface area contributed by atoms with E-state index in [1.807, 2.05) is 32.0 Å². The Kier molecular flexibility index (Phi) is 2.71. The topological polar surface area (TPSA) is 37.3 Å². The molecule has 13 heavy (non-hydrogen) atoms. The van der Waals surface area contributed by atoms with Crippen molar-refractivity contribution < 1.29 is 9.90 Å². The maximum absolute atomic E-state index is 10.8. The highest BCUT2D eigenvalue weighted by Crippen LogP contribution is 2.20. The first-order valence-electron chi connectivity index (χ1n) is 4.32. The largest absolute Gasteiger partial charge is 0.481 e. The van der Waals surface area contributed by atoms with E-state index in [0.29, 0.717) is 0 Å². The molecule has 0 radical (unpaired) electrons.